The summed E-state index contributed by atoms with van der Waals surface area (Å²) in [5.41, 5.74) is 10.2. The highest BCUT2D eigenvalue weighted by Crippen LogP contribution is 2.36. The number of nitrogens with two attached hydrogens (primary N) is 1. The second-order valence-electron chi connectivity index (χ2n) is 5.21. The molecule has 1 heterocycles. The van der Waals surface area contributed by atoms with Gasteiger partial charge in [-0.15, -0.1) is 0 Å². The number of hydrogen-bond acceptors (Lipinski definition) is 2. The molecule has 3 rings (SSSR count). The van der Waals surface area contributed by atoms with E-state index in [-0.39, 0.29) is 0 Å². The van der Waals surface area contributed by atoms with Crippen LogP contribution < -0.4 is 5.73 Å². The van der Waals surface area contributed by atoms with Gasteiger partial charge in [-0.3, -0.25) is 0 Å². The number of benzene rings is 2. The van der Waals surface area contributed by atoms with Gasteiger partial charge < -0.3 is 10.2 Å². The van der Waals surface area contributed by atoms with E-state index in [4.69, 9.17) is 33.4 Å². The van der Waals surface area contributed by atoms with Gasteiger partial charge in [-0.05, 0) is 37.6 Å². The predicted octanol–water partition coefficient (Wildman–Crippen LogP) is 5.40. The smallest absolute Gasteiger partial charge is 0.134 e. The lowest BCUT2D eigenvalue weighted by Crippen LogP contribution is -2.12. The second kappa shape index (κ2) is 5.38. The summed E-state index contributed by atoms with van der Waals surface area (Å²) in [6, 6.07) is 11.1. The summed E-state index contributed by atoms with van der Waals surface area (Å²) in [5, 5.41) is 2.05. The molecule has 1 aromatic heterocycles. The van der Waals surface area contributed by atoms with Gasteiger partial charge in [-0.2, -0.15) is 0 Å². The third kappa shape index (κ3) is 2.44. The first kappa shape index (κ1) is 14.5. The van der Waals surface area contributed by atoms with Crippen LogP contribution in [0.2, 0.25) is 10.0 Å². The quantitative estimate of drug-likeness (QED) is 0.686. The van der Waals surface area contributed by atoms with E-state index < -0.39 is 6.04 Å². The Morgan fingerprint density at radius 3 is 2.62 bits per heavy atom. The molecule has 108 valence electrons. The van der Waals surface area contributed by atoms with Crippen LogP contribution in [0.5, 0.6) is 0 Å². The fourth-order valence-corrected chi connectivity index (χ4v) is 2.98. The zero-order valence-electron chi connectivity index (χ0n) is 11.8. The van der Waals surface area contributed by atoms with Crippen LogP contribution in [0.15, 0.2) is 40.8 Å². The van der Waals surface area contributed by atoms with Crippen molar-refractivity contribution >= 4 is 34.2 Å². The summed E-state index contributed by atoms with van der Waals surface area (Å²) in [4.78, 5) is 0. The van der Waals surface area contributed by atoms with E-state index in [1.807, 2.05) is 31.2 Å². The lowest BCUT2D eigenvalue weighted by Gasteiger charge is -2.13. The Bertz CT molecular complexity index is 823. The van der Waals surface area contributed by atoms with Crippen LogP contribution in [0.25, 0.3) is 11.0 Å². The summed E-state index contributed by atoms with van der Waals surface area (Å²) in [5.74, 6) is 0.722. The first-order chi connectivity index (χ1) is 9.99. The maximum Gasteiger partial charge on any atom is 0.134 e. The van der Waals surface area contributed by atoms with Gasteiger partial charge >= 0.3 is 0 Å². The van der Waals surface area contributed by atoms with Gasteiger partial charge in [0.25, 0.3) is 0 Å². The van der Waals surface area contributed by atoms with Crippen LogP contribution in [0.4, 0.5) is 0 Å². The van der Waals surface area contributed by atoms with Crippen molar-refractivity contribution in [1.82, 2.24) is 0 Å². The summed E-state index contributed by atoms with van der Waals surface area (Å²) in [6.07, 6.45) is 0. The van der Waals surface area contributed by atoms with Gasteiger partial charge in [0, 0.05) is 10.9 Å². The van der Waals surface area contributed by atoms with E-state index in [2.05, 4.69) is 13.0 Å². The van der Waals surface area contributed by atoms with Crippen molar-refractivity contribution in [3.63, 3.8) is 0 Å². The molecule has 3 aromatic rings. The summed E-state index contributed by atoms with van der Waals surface area (Å²) < 4.78 is 5.94. The van der Waals surface area contributed by atoms with Crippen LogP contribution in [0.3, 0.4) is 0 Å². The fourth-order valence-electron chi connectivity index (χ4n) is 2.55. The molecule has 2 nitrogen and oxygen atoms in total. The van der Waals surface area contributed by atoms with Crippen LogP contribution in [0, 0.1) is 13.8 Å². The zero-order valence-corrected chi connectivity index (χ0v) is 13.3. The molecule has 0 saturated heterocycles. The van der Waals surface area contributed by atoms with Gasteiger partial charge in [0.1, 0.15) is 11.3 Å². The minimum Gasteiger partial charge on any atom is -0.459 e. The molecule has 0 aliphatic rings. The summed E-state index contributed by atoms with van der Waals surface area (Å²) >= 11 is 12.3. The molecule has 0 aliphatic heterocycles. The Balaban J connectivity index is 2.15. The van der Waals surface area contributed by atoms with E-state index in [0.29, 0.717) is 10.0 Å². The molecule has 1 atom stereocenters. The van der Waals surface area contributed by atoms with E-state index >= 15 is 0 Å². The molecule has 0 amide bonds. The van der Waals surface area contributed by atoms with Crippen LogP contribution in [-0.4, -0.2) is 0 Å². The van der Waals surface area contributed by atoms with E-state index in [1.165, 1.54) is 5.56 Å². The number of aryl methyl sites for hydroxylation is 2. The van der Waals surface area contributed by atoms with Crippen molar-refractivity contribution in [2.24, 2.45) is 5.73 Å². The number of hydrogen-bond donors (Lipinski definition) is 1. The van der Waals surface area contributed by atoms with E-state index in [9.17, 15) is 0 Å². The zero-order chi connectivity index (χ0) is 15.1. The van der Waals surface area contributed by atoms with Crippen molar-refractivity contribution < 1.29 is 4.42 Å². The van der Waals surface area contributed by atoms with Crippen molar-refractivity contribution in [3.05, 3.63) is 68.9 Å². The Hall–Kier alpha value is -1.48. The lowest BCUT2D eigenvalue weighted by molar-refractivity contribution is 0.521. The first-order valence-corrected chi connectivity index (χ1v) is 7.43. The largest absolute Gasteiger partial charge is 0.459 e. The molecule has 0 saturated carbocycles. The molecule has 1 unspecified atom stereocenters. The van der Waals surface area contributed by atoms with Gasteiger partial charge in [0.2, 0.25) is 0 Å². The SMILES string of the molecule is Cc1ccc2oc(C(N)c3cccc(Cl)c3Cl)c(C)c2c1. The predicted molar refractivity (Wildman–Crippen MR) is 88.2 cm³/mol. The fraction of sp³-hybridized carbons (Fsp3) is 0.176. The summed E-state index contributed by atoms with van der Waals surface area (Å²) in [7, 11) is 0. The molecule has 4 heteroatoms. The topological polar surface area (TPSA) is 39.2 Å². The Kier molecular flexibility index (Phi) is 3.70. The minimum atomic E-state index is -0.441. The normalized spacial score (nSPS) is 12.8. The van der Waals surface area contributed by atoms with Crippen molar-refractivity contribution in [1.29, 1.82) is 0 Å². The Labute approximate surface area is 133 Å². The molecule has 0 spiro atoms. The monoisotopic (exact) mass is 319 g/mol. The Morgan fingerprint density at radius 1 is 1.10 bits per heavy atom. The average Bonchev–Trinajstić information content (AvgIpc) is 2.78. The first-order valence-electron chi connectivity index (χ1n) is 6.68. The molecular formula is C17H15Cl2NO. The molecule has 0 bridgehead atoms. The Morgan fingerprint density at radius 2 is 1.86 bits per heavy atom. The molecule has 0 fully saturated rings. The summed E-state index contributed by atoms with van der Waals surface area (Å²) in [6.45, 7) is 4.07. The third-order valence-corrected chi connectivity index (χ3v) is 4.56. The van der Waals surface area contributed by atoms with Gasteiger partial charge in [0.05, 0.1) is 16.1 Å². The highest BCUT2D eigenvalue weighted by molar-refractivity contribution is 6.42. The number of halogens is 2. The van der Waals surface area contributed by atoms with Crippen LogP contribution in [0.1, 0.15) is 28.5 Å². The molecular weight excluding hydrogens is 305 g/mol. The number of furan rings is 1. The molecule has 0 radical (unpaired) electrons. The van der Waals surface area contributed by atoms with Crippen molar-refractivity contribution in [2.75, 3.05) is 0 Å². The lowest BCUT2D eigenvalue weighted by atomic mass is 10.0. The van der Waals surface area contributed by atoms with Crippen LogP contribution in [-0.2, 0) is 0 Å². The van der Waals surface area contributed by atoms with Gasteiger partial charge in [0.15, 0.2) is 0 Å². The highest BCUT2D eigenvalue weighted by Gasteiger charge is 2.21. The van der Waals surface area contributed by atoms with Gasteiger partial charge in [-0.25, -0.2) is 0 Å². The number of fused-ring (bicyclic) bond motifs is 1. The maximum atomic E-state index is 6.35. The minimum absolute atomic E-state index is 0.441. The second-order valence-corrected chi connectivity index (χ2v) is 6.00. The molecule has 0 aliphatic carbocycles. The van der Waals surface area contributed by atoms with Crippen LogP contribution >= 0.6 is 23.2 Å². The van der Waals surface area contributed by atoms with Gasteiger partial charge in [-0.1, -0.05) is 47.0 Å². The highest BCUT2D eigenvalue weighted by atomic mass is 35.5. The molecule has 21 heavy (non-hydrogen) atoms. The molecule has 2 aromatic carbocycles. The van der Waals surface area contributed by atoms with E-state index in [1.54, 1.807) is 6.07 Å². The van der Waals surface area contributed by atoms with Crippen molar-refractivity contribution in [3.8, 4) is 0 Å². The van der Waals surface area contributed by atoms with E-state index in [0.717, 1.165) is 27.9 Å². The maximum absolute atomic E-state index is 6.35. The standard InChI is InChI=1S/C17H15Cl2NO/c1-9-6-7-14-12(8-9)10(2)17(21-14)16(20)11-4-3-5-13(18)15(11)19/h3-8,16H,20H2,1-2H3. The average molecular weight is 320 g/mol. The molecule has 2 N–H and O–H groups in total. The third-order valence-electron chi connectivity index (χ3n) is 3.73. The van der Waals surface area contributed by atoms with Crippen molar-refractivity contribution in [2.45, 2.75) is 19.9 Å². The number of rotatable bonds is 2.